The Labute approximate surface area is 249 Å². The Morgan fingerprint density at radius 3 is 1.60 bits per heavy atom. The predicted molar refractivity (Wildman–Crippen MR) is 177 cm³/mol. The average Bonchev–Trinajstić information content (AvgIpc) is 3.64. The molecule has 6 aromatic carbocycles. The fraction of sp³-hybridized carbons (Fsp3) is 0.0256. The first-order valence-corrected chi connectivity index (χ1v) is 14.4. The minimum absolute atomic E-state index is 0.628. The summed E-state index contributed by atoms with van der Waals surface area (Å²) >= 11 is 0. The van der Waals surface area contributed by atoms with Crippen LogP contribution in [0.4, 0.5) is 0 Å². The lowest BCUT2D eigenvalue weighted by molar-refractivity contribution is 1.07. The summed E-state index contributed by atoms with van der Waals surface area (Å²) in [5.41, 5.74) is 7.09. The molecule has 0 aliphatic carbocycles. The van der Waals surface area contributed by atoms with Crippen LogP contribution in [0.15, 0.2) is 151 Å². The number of nitrogens with zero attached hydrogens (tertiary/aromatic N) is 4. The summed E-state index contributed by atoms with van der Waals surface area (Å²) in [5, 5.41) is 4.90. The zero-order valence-electron chi connectivity index (χ0n) is 23.4. The maximum Gasteiger partial charge on any atom is 0.164 e. The van der Waals surface area contributed by atoms with Gasteiger partial charge < -0.3 is 0 Å². The molecule has 8 rings (SSSR count). The second-order valence-electron chi connectivity index (χ2n) is 10.7. The zero-order valence-corrected chi connectivity index (χ0v) is 23.4. The highest BCUT2D eigenvalue weighted by Gasteiger charge is 2.17. The molecule has 202 valence electrons. The van der Waals surface area contributed by atoms with Crippen molar-refractivity contribution in [3.63, 3.8) is 0 Å². The number of aromatic nitrogens is 3. The topological polar surface area (TPSA) is 51.0 Å². The molecule has 0 N–H and O–H groups in total. The van der Waals surface area contributed by atoms with Crippen molar-refractivity contribution in [2.24, 2.45) is 4.99 Å². The molecule has 0 bridgehead atoms. The lowest BCUT2D eigenvalue weighted by Crippen LogP contribution is -2.02. The van der Waals surface area contributed by atoms with Crippen LogP contribution in [0.2, 0.25) is 0 Å². The van der Waals surface area contributed by atoms with Gasteiger partial charge in [-0.25, -0.2) is 15.0 Å². The smallest absolute Gasteiger partial charge is 0.164 e. The Bertz CT molecular complexity index is 2140. The highest BCUT2D eigenvalue weighted by atomic mass is 15.0. The summed E-state index contributed by atoms with van der Waals surface area (Å²) < 4.78 is 0. The molecule has 0 fully saturated rings. The molecule has 0 radical (unpaired) electrons. The quantitative estimate of drug-likeness (QED) is 0.201. The maximum atomic E-state index is 5.03. The predicted octanol–water partition coefficient (Wildman–Crippen LogP) is 9.20. The van der Waals surface area contributed by atoms with E-state index in [1.165, 1.54) is 27.1 Å². The van der Waals surface area contributed by atoms with Crippen molar-refractivity contribution in [2.45, 2.75) is 0 Å². The Balaban J connectivity index is 1.39. The van der Waals surface area contributed by atoms with Crippen molar-refractivity contribution in [1.82, 2.24) is 15.0 Å². The van der Waals surface area contributed by atoms with Gasteiger partial charge in [0.2, 0.25) is 0 Å². The van der Waals surface area contributed by atoms with Crippen molar-refractivity contribution in [3.05, 3.63) is 151 Å². The molecule has 2 heterocycles. The molecule has 0 saturated heterocycles. The highest BCUT2D eigenvalue weighted by molar-refractivity contribution is 6.15. The molecule has 0 amide bonds. The van der Waals surface area contributed by atoms with Gasteiger partial charge in [0.05, 0.1) is 12.3 Å². The van der Waals surface area contributed by atoms with Crippen LogP contribution in [-0.2, 0) is 0 Å². The molecule has 4 heteroatoms. The monoisotopic (exact) mass is 550 g/mol. The minimum Gasteiger partial charge on any atom is -0.281 e. The van der Waals surface area contributed by atoms with Gasteiger partial charge in [0.25, 0.3) is 0 Å². The second kappa shape index (κ2) is 10.6. The van der Waals surface area contributed by atoms with Gasteiger partial charge in [-0.15, -0.1) is 0 Å². The first-order valence-electron chi connectivity index (χ1n) is 14.4. The highest BCUT2D eigenvalue weighted by Crippen LogP contribution is 2.37. The van der Waals surface area contributed by atoms with Crippen LogP contribution < -0.4 is 0 Å². The van der Waals surface area contributed by atoms with Crippen molar-refractivity contribution in [2.75, 3.05) is 6.54 Å². The molecule has 0 saturated carbocycles. The van der Waals surface area contributed by atoms with Crippen LogP contribution in [0.3, 0.4) is 0 Å². The molecule has 0 unspecified atom stereocenters. The van der Waals surface area contributed by atoms with Crippen molar-refractivity contribution < 1.29 is 0 Å². The summed E-state index contributed by atoms with van der Waals surface area (Å²) in [6.45, 7) is 0.690. The number of benzene rings is 6. The molecule has 1 aliphatic heterocycles. The van der Waals surface area contributed by atoms with Gasteiger partial charge in [0.1, 0.15) is 0 Å². The van der Waals surface area contributed by atoms with Crippen molar-refractivity contribution >= 4 is 27.3 Å². The van der Waals surface area contributed by atoms with Gasteiger partial charge in [0.15, 0.2) is 17.5 Å². The van der Waals surface area contributed by atoms with Gasteiger partial charge in [-0.2, -0.15) is 0 Å². The Hall–Kier alpha value is -5.74. The van der Waals surface area contributed by atoms with E-state index < -0.39 is 0 Å². The van der Waals surface area contributed by atoms with Gasteiger partial charge >= 0.3 is 0 Å². The average molecular weight is 551 g/mol. The first-order chi connectivity index (χ1) is 21.3. The van der Waals surface area contributed by atoms with Crippen LogP contribution >= 0.6 is 0 Å². The number of hydrogen-bond donors (Lipinski definition) is 0. The lowest BCUT2D eigenvalue weighted by Gasteiger charge is -2.14. The van der Waals surface area contributed by atoms with Gasteiger partial charge in [-0.05, 0) is 63.0 Å². The minimum atomic E-state index is 0.628. The maximum absolute atomic E-state index is 5.03. The Morgan fingerprint density at radius 1 is 0.419 bits per heavy atom. The van der Waals surface area contributed by atoms with E-state index in [2.05, 4.69) is 84.9 Å². The van der Waals surface area contributed by atoms with E-state index in [4.69, 9.17) is 19.9 Å². The van der Waals surface area contributed by atoms with E-state index in [1.807, 2.05) is 60.7 Å². The van der Waals surface area contributed by atoms with E-state index in [0.29, 0.717) is 24.0 Å². The summed E-state index contributed by atoms with van der Waals surface area (Å²) in [7, 11) is 0. The van der Waals surface area contributed by atoms with Crippen molar-refractivity contribution in [3.8, 4) is 45.3 Å². The third-order valence-electron chi connectivity index (χ3n) is 7.91. The molecule has 4 nitrogen and oxygen atoms in total. The SMILES string of the molecule is C1=CC(c2cc(-c3nc(-c4ccccc4)nc(-c4ccccc4)n3)cc(-c3cc4ccccc4c4ccccc34)c2)=NC1. The number of fused-ring (bicyclic) bond motifs is 3. The summed E-state index contributed by atoms with van der Waals surface area (Å²) in [4.78, 5) is 19.7. The van der Waals surface area contributed by atoms with Crippen LogP contribution in [0, 0.1) is 0 Å². The van der Waals surface area contributed by atoms with Crippen molar-refractivity contribution in [1.29, 1.82) is 0 Å². The van der Waals surface area contributed by atoms with Crippen LogP contribution in [0.5, 0.6) is 0 Å². The van der Waals surface area contributed by atoms with Gasteiger partial charge in [-0.1, -0.05) is 115 Å². The lowest BCUT2D eigenvalue weighted by atomic mass is 9.91. The summed E-state index contributed by atoms with van der Waals surface area (Å²) in [6.07, 6.45) is 4.19. The van der Waals surface area contributed by atoms with Gasteiger partial charge in [-0.3, -0.25) is 4.99 Å². The largest absolute Gasteiger partial charge is 0.281 e. The van der Waals surface area contributed by atoms with E-state index >= 15 is 0 Å². The summed E-state index contributed by atoms with van der Waals surface area (Å²) in [5.74, 6) is 1.92. The summed E-state index contributed by atoms with van der Waals surface area (Å²) in [6, 6.07) is 46.3. The van der Waals surface area contributed by atoms with Gasteiger partial charge in [0, 0.05) is 22.3 Å². The number of allylic oxidation sites excluding steroid dienone is 1. The van der Waals surface area contributed by atoms with E-state index in [1.54, 1.807) is 0 Å². The zero-order chi connectivity index (χ0) is 28.6. The third kappa shape index (κ3) is 4.69. The molecule has 7 aromatic rings. The molecule has 0 spiro atoms. The molecular formula is C39H26N4. The second-order valence-corrected chi connectivity index (χ2v) is 10.7. The molecule has 0 atom stereocenters. The molecule has 43 heavy (non-hydrogen) atoms. The number of aliphatic imine (C=N–C) groups is 1. The number of rotatable bonds is 5. The molecule has 1 aliphatic rings. The third-order valence-corrected chi connectivity index (χ3v) is 7.91. The normalized spacial score (nSPS) is 12.6. The van der Waals surface area contributed by atoms with E-state index in [-0.39, 0.29) is 0 Å². The van der Waals surface area contributed by atoms with E-state index in [9.17, 15) is 0 Å². The molecular weight excluding hydrogens is 524 g/mol. The standard InChI is InChI=1S/C39H26N4/c1-3-12-26(13-4-1)37-41-38(27-14-5-2-6-15-27)43-39(42-37)31-23-29(22-30(24-31)36-20-11-21-40-36)35-25-28-16-7-8-17-32(28)33-18-9-10-19-34(33)35/h1-20,22-25H,21H2. The Kier molecular flexibility index (Phi) is 6.16. The fourth-order valence-electron chi connectivity index (χ4n) is 5.85. The van der Waals surface area contributed by atoms with Crippen LogP contribution in [0.1, 0.15) is 5.56 Å². The fourth-order valence-corrected chi connectivity index (χ4v) is 5.85. The molecule has 1 aromatic heterocycles. The first kappa shape index (κ1) is 25.0. The Morgan fingerprint density at radius 2 is 0.953 bits per heavy atom. The van der Waals surface area contributed by atoms with Crippen LogP contribution in [-0.4, -0.2) is 27.2 Å². The van der Waals surface area contributed by atoms with Crippen LogP contribution in [0.25, 0.3) is 66.8 Å². The number of hydrogen-bond acceptors (Lipinski definition) is 4. The van der Waals surface area contributed by atoms with E-state index in [0.717, 1.165) is 33.5 Å².